The van der Waals surface area contributed by atoms with E-state index in [-0.39, 0.29) is 5.91 Å². The van der Waals surface area contributed by atoms with E-state index in [1.165, 1.54) is 11.9 Å². The smallest absolute Gasteiger partial charge is 0.277 e. The lowest BCUT2D eigenvalue weighted by Gasteiger charge is -2.30. The molecule has 3 aromatic rings. The van der Waals surface area contributed by atoms with Gasteiger partial charge in [-0.05, 0) is 43.5 Å². The van der Waals surface area contributed by atoms with E-state index in [9.17, 15) is 4.79 Å². The molecule has 0 aliphatic carbocycles. The number of amides is 1. The summed E-state index contributed by atoms with van der Waals surface area (Å²) in [4.78, 5) is 25.7. The molecule has 0 bridgehead atoms. The van der Waals surface area contributed by atoms with Gasteiger partial charge in [-0.1, -0.05) is 36.4 Å². The average molecular weight is 358 g/mol. The number of carbonyl (C=O) groups excluding carboxylic acids is 1. The van der Waals surface area contributed by atoms with Crippen LogP contribution in [0.5, 0.6) is 0 Å². The molecule has 0 saturated carbocycles. The third-order valence-corrected chi connectivity index (χ3v) is 4.89. The van der Waals surface area contributed by atoms with Crippen LogP contribution in [0.1, 0.15) is 29.4 Å². The molecule has 1 amide bonds. The quantitative estimate of drug-likeness (QED) is 0.700. The standard InChI is InChI=1S/C22H22N4O/c1-2-25(18-11-4-3-5-12-18)22(27)19-15-21(24-16-23-19)26-14-8-10-17-9-6-7-13-20(17)26/h3-7,9,11-13,15-16H,2,8,10,14H2,1H3. The van der Waals surface area contributed by atoms with Crippen LogP contribution in [0, 0.1) is 0 Å². The van der Waals surface area contributed by atoms with E-state index < -0.39 is 0 Å². The van der Waals surface area contributed by atoms with Gasteiger partial charge in [0.15, 0.2) is 0 Å². The number of hydrogen-bond donors (Lipinski definition) is 0. The van der Waals surface area contributed by atoms with E-state index >= 15 is 0 Å². The van der Waals surface area contributed by atoms with Gasteiger partial charge in [0.2, 0.25) is 0 Å². The Morgan fingerprint density at radius 2 is 1.85 bits per heavy atom. The molecule has 5 heteroatoms. The van der Waals surface area contributed by atoms with Crippen LogP contribution in [0.2, 0.25) is 0 Å². The van der Waals surface area contributed by atoms with Crippen molar-refractivity contribution in [1.82, 2.24) is 9.97 Å². The van der Waals surface area contributed by atoms with E-state index in [0.29, 0.717) is 12.2 Å². The summed E-state index contributed by atoms with van der Waals surface area (Å²) in [6.07, 6.45) is 3.62. The summed E-state index contributed by atoms with van der Waals surface area (Å²) in [5.74, 6) is 0.655. The minimum absolute atomic E-state index is 0.113. The Morgan fingerprint density at radius 3 is 2.67 bits per heavy atom. The third-order valence-electron chi connectivity index (χ3n) is 4.89. The van der Waals surface area contributed by atoms with Crippen LogP contribution in [0.15, 0.2) is 67.0 Å². The Balaban J connectivity index is 1.66. The van der Waals surface area contributed by atoms with Gasteiger partial charge in [0.1, 0.15) is 17.8 Å². The molecule has 0 spiro atoms. The molecule has 4 rings (SSSR count). The first-order valence-corrected chi connectivity index (χ1v) is 9.32. The summed E-state index contributed by atoms with van der Waals surface area (Å²) in [6.45, 7) is 3.43. The highest BCUT2D eigenvalue weighted by molar-refractivity contribution is 6.05. The normalized spacial score (nSPS) is 13.1. The van der Waals surface area contributed by atoms with Gasteiger partial charge in [-0.25, -0.2) is 9.97 Å². The summed E-state index contributed by atoms with van der Waals surface area (Å²) in [6, 6.07) is 19.9. The van der Waals surface area contributed by atoms with Crippen LogP contribution in [0.4, 0.5) is 17.2 Å². The lowest BCUT2D eigenvalue weighted by Crippen LogP contribution is -2.32. The average Bonchev–Trinajstić information content (AvgIpc) is 2.74. The van der Waals surface area contributed by atoms with Crippen LogP contribution in [-0.4, -0.2) is 29.0 Å². The Hall–Kier alpha value is -3.21. The number of nitrogens with zero attached hydrogens (tertiary/aromatic N) is 4. The number of para-hydroxylation sites is 2. The molecule has 2 aromatic carbocycles. The Kier molecular flexibility index (Phi) is 4.83. The Labute approximate surface area is 159 Å². The largest absolute Gasteiger partial charge is 0.326 e. The summed E-state index contributed by atoms with van der Waals surface area (Å²) in [7, 11) is 0. The Morgan fingerprint density at radius 1 is 1.07 bits per heavy atom. The molecule has 0 unspecified atom stereocenters. The zero-order chi connectivity index (χ0) is 18.6. The van der Waals surface area contributed by atoms with E-state index in [1.54, 1.807) is 11.0 Å². The summed E-state index contributed by atoms with van der Waals surface area (Å²) < 4.78 is 0. The van der Waals surface area contributed by atoms with Crippen LogP contribution >= 0.6 is 0 Å². The number of aryl methyl sites for hydroxylation is 1. The van der Waals surface area contributed by atoms with Gasteiger partial charge < -0.3 is 9.80 Å². The maximum atomic E-state index is 13.1. The fraction of sp³-hybridized carbons (Fsp3) is 0.227. The number of hydrogen-bond acceptors (Lipinski definition) is 4. The number of carbonyl (C=O) groups is 1. The SMILES string of the molecule is CCN(C(=O)c1cc(N2CCCc3ccccc32)ncn1)c1ccccc1. The molecule has 1 aliphatic rings. The highest BCUT2D eigenvalue weighted by Gasteiger charge is 2.22. The fourth-order valence-electron chi connectivity index (χ4n) is 3.57. The van der Waals surface area contributed by atoms with Gasteiger partial charge in [-0.2, -0.15) is 0 Å². The lowest BCUT2D eigenvalue weighted by atomic mass is 10.0. The van der Waals surface area contributed by atoms with Crippen molar-refractivity contribution in [2.75, 3.05) is 22.9 Å². The van der Waals surface area contributed by atoms with Crippen LogP contribution in [0.3, 0.4) is 0 Å². The molecule has 136 valence electrons. The molecule has 1 aromatic heterocycles. The predicted molar refractivity (Wildman–Crippen MR) is 108 cm³/mol. The number of aromatic nitrogens is 2. The van der Waals surface area contributed by atoms with Crippen molar-refractivity contribution in [2.45, 2.75) is 19.8 Å². The van der Waals surface area contributed by atoms with E-state index in [2.05, 4.69) is 33.1 Å². The summed E-state index contributed by atoms with van der Waals surface area (Å²) in [5, 5.41) is 0. The molecule has 0 saturated heterocycles. The summed E-state index contributed by atoms with van der Waals surface area (Å²) >= 11 is 0. The van der Waals surface area contributed by atoms with Gasteiger partial charge in [-0.3, -0.25) is 4.79 Å². The van der Waals surface area contributed by atoms with Gasteiger partial charge in [0, 0.05) is 30.5 Å². The van der Waals surface area contributed by atoms with Gasteiger partial charge in [0.25, 0.3) is 5.91 Å². The fourth-order valence-corrected chi connectivity index (χ4v) is 3.57. The minimum Gasteiger partial charge on any atom is -0.326 e. The topological polar surface area (TPSA) is 49.3 Å². The highest BCUT2D eigenvalue weighted by atomic mass is 16.2. The Bertz CT molecular complexity index is 942. The van der Waals surface area contributed by atoms with Crippen LogP contribution in [-0.2, 0) is 6.42 Å². The number of fused-ring (bicyclic) bond motifs is 1. The second-order valence-electron chi connectivity index (χ2n) is 6.53. The van der Waals surface area contributed by atoms with Gasteiger partial charge in [-0.15, -0.1) is 0 Å². The van der Waals surface area contributed by atoms with E-state index in [0.717, 1.165) is 36.6 Å². The third kappa shape index (κ3) is 3.40. The minimum atomic E-state index is -0.113. The summed E-state index contributed by atoms with van der Waals surface area (Å²) in [5.41, 5.74) is 3.76. The number of rotatable bonds is 4. The van der Waals surface area contributed by atoms with Crippen molar-refractivity contribution in [3.8, 4) is 0 Å². The molecule has 5 nitrogen and oxygen atoms in total. The zero-order valence-corrected chi connectivity index (χ0v) is 15.4. The van der Waals surface area contributed by atoms with Crippen molar-refractivity contribution in [3.05, 3.63) is 78.2 Å². The van der Waals surface area contributed by atoms with Crippen molar-refractivity contribution in [2.24, 2.45) is 0 Å². The van der Waals surface area contributed by atoms with Crippen LogP contribution in [0.25, 0.3) is 0 Å². The van der Waals surface area contributed by atoms with Crippen LogP contribution < -0.4 is 9.80 Å². The maximum absolute atomic E-state index is 13.1. The second kappa shape index (κ2) is 7.58. The monoisotopic (exact) mass is 358 g/mol. The van der Waals surface area contributed by atoms with Crippen molar-refractivity contribution >= 4 is 23.1 Å². The second-order valence-corrected chi connectivity index (χ2v) is 6.53. The lowest BCUT2D eigenvalue weighted by molar-refractivity contribution is 0.0983. The first-order valence-electron chi connectivity index (χ1n) is 9.32. The van der Waals surface area contributed by atoms with Crippen molar-refractivity contribution in [3.63, 3.8) is 0 Å². The van der Waals surface area contributed by atoms with Crippen molar-refractivity contribution in [1.29, 1.82) is 0 Å². The first kappa shape index (κ1) is 17.2. The molecule has 27 heavy (non-hydrogen) atoms. The molecular weight excluding hydrogens is 336 g/mol. The van der Waals surface area contributed by atoms with Gasteiger partial charge >= 0.3 is 0 Å². The molecule has 2 heterocycles. The molecule has 1 aliphatic heterocycles. The van der Waals surface area contributed by atoms with E-state index in [1.807, 2.05) is 43.3 Å². The number of benzene rings is 2. The molecule has 0 N–H and O–H groups in total. The molecule has 0 radical (unpaired) electrons. The van der Waals surface area contributed by atoms with E-state index in [4.69, 9.17) is 0 Å². The van der Waals surface area contributed by atoms with Gasteiger partial charge in [0.05, 0.1) is 0 Å². The number of anilines is 3. The molecule has 0 atom stereocenters. The molecule has 0 fully saturated rings. The predicted octanol–water partition coefficient (Wildman–Crippen LogP) is 4.23. The first-order chi connectivity index (χ1) is 13.3. The van der Waals surface area contributed by atoms with Crippen molar-refractivity contribution < 1.29 is 4.79 Å². The maximum Gasteiger partial charge on any atom is 0.277 e. The highest BCUT2D eigenvalue weighted by Crippen LogP contribution is 2.32. The zero-order valence-electron chi connectivity index (χ0n) is 15.4. The molecular formula is C22H22N4O.